The van der Waals surface area contributed by atoms with E-state index in [1.807, 2.05) is 55.5 Å². The molecule has 24 heavy (non-hydrogen) atoms. The number of hydrogen-bond donors (Lipinski definition) is 0. The lowest BCUT2D eigenvalue weighted by molar-refractivity contribution is 0.0992. The van der Waals surface area contributed by atoms with Crippen LogP contribution in [-0.2, 0) is 0 Å². The van der Waals surface area contributed by atoms with Gasteiger partial charge in [0.05, 0.1) is 15.1 Å². The summed E-state index contributed by atoms with van der Waals surface area (Å²) >= 11 is 9.06. The number of rotatable bonds is 3. The van der Waals surface area contributed by atoms with Crippen LogP contribution in [0.2, 0.25) is 5.02 Å². The molecule has 3 nitrogen and oxygen atoms in total. The van der Waals surface area contributed by atoms with Crippen LogP contribution in [0, 0.1) is 0 Å². The summed E-state index contributed by atoms with van der Waals surface area (Å²) in [6.45, 7) is 2.53. The fourth-order valence-corrected chi connectivity index (χ4v) is 4.78. The van der Waals surface area contributed by atoms with E-state index in [0.29, 0.717) is 16.7 Å². The van der Waals surface area contributed by atoms with Crippen LogP contribution < -0.4 is 4.90 Å². The van der Waals surface area contributed by atoms with Gasteiger partial charge in [-0.2, -0.15) is 0 Å². The molecule has 2 heterocycles. The van der Waals surface area contributed by atoms with Crippen LogP contribution in [0.15, 0.2) is 48.5 Å². The Morgan fingerprint density at radius 3 is 2.75 bits per heavy atom. The van der Waals surface area contributed by atoms with Gasteiger partial charge < -0.3 is 0 Å². The number of thiophene rings is 1. The molecule has 0 unspecified atom stereocenters. The van der Waals surface area contributed by atoms with Crippen LogP contribution in [0.3, 0.4) is 0 Å². The van der Waals surface area contributed by atoms with Crippen LogP contribution >= 0.6 is 34.3 Å². The molecule has 0 saturated heterocycles. The van der Waals surface area contributed by atoms with Gasteiger partial charge >= 0.3 is 0 Å². The highest BCUT2D eigenvalue weighted by atomic mass is 35.5. The summed E-state index contributed by atoms with van der Waals surface area (Å²) < 4.78 is 2.14. The summed E-state index contributed by atoms with van der Waals surface area (Å²) in [5, 5.41) is 2.45. The van der Waals surface area contributed by atoms with E-state index >= 15 is 0 Å². The molecule has 0 N–H and O–H groups in total. The molecule has 0 aliphatic carbocycles. The maximum Gasteiger partial charge on any atom is 0.270 e. The molecule has 0 spiro atoms. The first-order valence-corrected chi connectivity index (χ1v) is 9.53. The van der Waals surface area contributed by atoms with Crippen LogP contribution in [0.25, 0.3) is 20.3 Å². The molecular formula is C18H13ClN2OS2. The van der Waals surface area contributed by atoms with E-state index in [1.54, 1.807) is 4.90 Å². The van der Waals surface area contributed by atoms with Gasteiger partial charge in [0.15, 0.2) is 5.13 Å². The molecule has 0 saturated carbocycles. The summed E-state index contributed by atoms with van der Waals surface area (Å²) in [7, 11) is 0. The standard InChI is InChI=1S/C18H13ClN2OS2/c1-2-21(18-20-13-10-12(19)7-8-15(13)24-18)17(22)16-9-11-5-3-4-6-14(11)23-16/h3-10H,2H2,1H3. The zero-order valence-corrected chi connectivity index (χ0v) is 15.2. The SMILES string of the molecule is CCN(C(=O)c1cc2ccccc2s1)c1nc2cc(Cl)ccc2s1. The molecule has 0 aliphatic heterocycles. The van der Waals surface area contributed by atoms with Crippen molar-refractivity contribution in [3.8, 4) is 0 Å². The summed E-state index contributed by atoms with van der Waals surface area (Å²) in [6.07, 6.45) is 0. The molecule has 6 heteroatoms. The van der Waals surface area contributed by atoms with Crippen molar-refractivity contribution < 1.29 is 4.79 Å². The second kappa shape index (κ2) is 6.16. The molecule has 4 rings (SSSR count). The Hall–Kier alpha value is -1.95. The Morgan fingerprint density at radius 2 is 1.96 bits per heavy atom. The third-order valence-corrected chi connectivity index (χ3v) is 6.17. The van der Waals surface area contributed by atoms with Crippen molar-refractivity contribution >= 4 is 65.6 Å². The molecule has 120 valence electrons. The Kier molecular flexibility index (Phi) is 4.00. The average molecular weight is 373 g/mol. The van der Waals surface area contributed by atoms with E-state index in [-0.39, 0.29) is 5.91 Å². The summed E-state index contributed by atoms with van der Waals surface area (Å²) in [6, 6.07) is 15.6. The zero-order chi connectivity index (χ0) is 16.7. The highest BCUT2D eigenvalue weighted by Crippen LogP contribution is 2.33. The Balaban J connectivity index is 1.74. The maximum atomic E-state index is 13.0. The Bertz CT molecular complexity index is 1020. The topological polar surface area (TPSA) is 33.2 Å². The average Bonchev–Trinajstić information content (AvgIpc) is 3.18. The second-order valence-corrected chi connectivity index (χ2v) is 7.84. The maximum absolute atomic E-state index is 13.0. The van der Waals surface area contributed by atoms with Crippen molar-refractivity contribution in [2.45, 2.75) is 6.92 Å². The minimum absolute atomic E-state index is 0.0103. The van der Waals surface area contributed by atoms with Crippen molar-refractivity contribution in [2.75, 3.05) is 11.4 Å². The van der Waals surface area contributed by atoms with Gasteiger partial charge in [-0.05, 0) is 42.6 Å². The van der Waals surface area contributed by atoms with Crippen molar-refractivity contribution in [1.82, 2.24) is 4.98 Å². The number of benzene rings is 2. The highest BCUT2D eigenvalue weighted by Gasteiger charge is 2.21. The van der Waals surface area contributed by atoms with Crippen LogP contribution in [0.5, 0.6) is 0 Å². The first kappa shape index (κ1) is 15.6. The van der Waals surface area contributed by atoms with E-state index < -0.39 is 0 Å². The largest absolute Gasteiger partial charge is 0.284 e. The minimum atomic E-state index is -0.0103. The predicted molar refractivity (Wildman–Crippen MR) is 104 cm³/mol. The van der Waals surface area contributed by atoms with Crippen LogP contribution in [-0.4, -0.2) is 17.4 Å². The number of hydrogen-bond acceptors (Lipinski definition) is 4. The molecular weight excluding hydrogens is 360 g/mol. The number of amides is 1. The third kappa shape index (κ3) is 2.69. The van der Waals surface area contributed by atoms with Gasteiger partial charge in [0.2, 0.25) is 0 Å². The molecule has 2 aromatic carbocycles. The number of nitrogens with zero attached hydrogens (tertiary/aromatic N) is 2. The van der Waals surface area contributed by atoms with Crippen molar-refractivity contribution in [1.29, 1.82) is 0 Å². The predicted octanol–water partition coefficient (Wildman–Crippen LogP) is 5.83. The monoisotopic (exact) mass is 372 g/mol. The Morgan fingerprint density at radius 1 is 1.12 bits per heavy atom. The zero-order valence-electron chi connectivity index (χ0n) is 12.8. The van der Waals surface area contributed by atoms with Gasteiger partial charge in [0, 0.05) is 16.3 Å². The van der Waals surface area contributed by atoms with Crippen LogP contribution in [0.4, 0.5) is 5.13 Å². The van der Waals surface area contributed by atoms with Gasteiger partial charge in [0.1, 0.15) is 0 Å². The summed E-state index contributed by atoms with van der Waals surface area (Å²) in [5.74, 6) is -0.0103. The van der Waals surface area contributed by atoms with Crippen LogP contribution in [0.1, 0.15) is 16.6 Å². The number of carbonyl (C=O) groups excluding carboxylic acids is 1. The first-order valence-electron chi connectivity index (χ1n) is 7.52. The lowest BCUT2D eigenvalue weighted by Gasteiger charge is -2.16. The van der Waals surface area contributed by atoms with Crippen molar-refractivity contribution in [3.05, 3.63) is 58.4 Å². The molecule has 0 atom stereocenters. The molecule has 1 amide bonds. The third-order valence-electron chi connectivity index (χ3n) is 3.77. The molecule has 0 fully saturated rings. The number of carbonyl (C=O) groups is 1. The number of fused-ring (bicyclic) bond motifs is 2. The summed E-state index contributed by atoms with van der Waals surface area (Å²) in [4.78, 5) is 20.0. The van der Waals surface area contributed by atoms with Crippen molar-refractivity contribution in [2.24, 2.45) is 0 Å². The quantitative estimate of drug-likeness (QED) is 0.453. The number of anilines is 1. The normalized spacial score (nSPS) is 11.2. The van der Waals surface area contributed by atoms with Gasteiger partial charge in [-0.25, -0.2) is 4.98 Å². The molecule has 2 aromatic heterocycles. The fraction of sp³-hybridized carbons (Fsp3) is 0.111. The first-order chi connectivity index (χ1) is 11.7. The van der Waals surface area contributed by atoms with Gasteiger partial charge in [-0.3, -0.25) is 9.69 Å². The van der Waals surface area contributed by atoms with Gasteiger partial charge in [0.25, 0.3) is 5.91 Å². The van der Waals surface area contributed by atoms with Gasteiger partial charge in [-0.1, -0.05) is 41.1 Å². The number of aromatic nitrogens is 1. The lowest BCUT2D eigenvalue weighted by atomic mass is 10.2. The second-order valence-electron chi connectivity index (χ2n) is 5.31. The van der Waals surface area contributed by atoms with E-state index in [9.17, 15) is 4.79 Å². The van der Waals surface area contributed by atoms with E-state index in [1.165, 1.54) is 22.7 Å². The number of halogens is 1. The van der Waals surface area contributed by atoms with Crippen molar-refractivity contribution in [3.63, 3.8) is 0 Å². The molecule has 0 radical (unpaired) electrons. The van der Waals surface area contributed by atoms with E-state index in [2.05, 4.69) is 4.98 Å². The molecule has 4 aromatic rings. The highest BCUT2D eigenvalue weighted by molar-refractivity contribution is 7.23. The summed E-state index contributed by atoms with van der Waals surface area (Å²) in [5.41, 5.74) is 0.824. The minimum Gasteiger partial charge on any atom is -0.284 e. The fourth-order valence-electron chi connectivity index (χ4n) is 2.59. The van der Waals surface area contributed by atoms with E-state index in [4.69, 9.17) is 11.6 Å². The van der Waals surface area contributed by atoms with E-state index in [0.717, 1.165) is 25.2 Å². The lowest BCUT2D eigenvalue weighted by Crippen LogP contribution is -2.29. The smallest absolute Gasteiger partial charge is 0.270 e. The van der Waals surface area contributed by atoms with Gasteiger partial charge in [-0.15, -0.1) is 11.3 Å². The Labute approximate surface area is 152 Å². The number of thiazole rings is 1. The molecule has 0 bridgehead atoms. The molecule has 0 aliphatic rings.